The van der Waals surface area contributed by atoms with E-state index in [1.54, 1.807) is 30.7 Å². The van der Waals surface area contributed by atoms with Crippen molar-refractivity contribution in [2.75, 3.05) is 18.0 Å². The van der Waals surface area contributed by atoms with Crippen LogP contribution in [0.1, 0.15) is 31.0 Å². The fourth-order valence-corrected chi connectivity index (χ4v) is 3.99. The van der Waals surface area contributed by atoms with E-state index in [1.807, 2.05) is 6.07 Å². The minimum Gasteiger partial charge on any atom is -0.341 e. The maximum absolute atomic E-state index is 13.5. The van der Waals surface area contributed by atoms with Gasteiger partial charge >= 0.3 is 5.69 Å². The standard InChI is InChI=1S/C22H24N8O2/c1-3-4-10-29-18-19(26-21(29)28-9-5-6-16(24)13-28)27(2)22(32)30(20(18)31)14-17-8-7-15(11-23)12-25-17/h7-8,12,16H,5-6,9-10,13-14,24H2,1-2H3. The van der Waals surface area contributed by atoms with E-state index in [0.717, 1.165) is 24.0 Å². The Morgan fingerprint density at radius 1 is 1.28 bits per heavy atom. The number of pyridine rings is 1. The second-order valence-electron chi connectivity index (χ2n) is 7.83. The van der Waals surface area contributed by atoms with Crippen LogP contribution in [-0.2, 0) is 20.1 Å². The van der Waals surface area contributed by atoms with Crippen LogP contribution >= 0.6 is 0 Å². The van der Waals surface area contributed by atoms with Gasteiger partial charge in [0, 0.05) is 32.4 Å². The van der Waals surface area contributed by atoms with Crippen LogP contribution in [-0.4, -0.2) is 42.8 Å². The predicted molar refractivity (Wildman–Crippen MR) is 120 cm³/mol. The van der Waals surface area contributed by atoms with Crippen LogP contribution in [0.15, 0.2) is 27.9 Å². The molecule has 0 bridgehead atoms. The topological polar surface area (TPSA) is 128 Å². The first-order chi connectivity index (χ1) is 15.4. The Morgan fingerprint density at radius 3 is 2.75 bits per heavy atom. The van der Waals surface area contributed by atoms with Crippen molar-refractivity contribution in [2.24, 2.45) is 12.8 Å². The van der Waals surface area contributed by atoms with Crippen molar-refractivity contribution in [1.82, 2.24) is 23.7 Å². The number of aromatic nitrogens is 5. The Balaban J connectivity index is 1.89. The van der Waals surface area contributed by atoms with Gasteiger partial charge in [0.05, 0.1) is 24.3 Å². The highest BCUT2D eigenvalue weighted by molar-refractivity contribution is 5.75. The highest BCUT2D eigenvalue weighted by Gasteiger charge is 2.26. The summed E-state index contributed by atoms with van der Waals surface area (Å²) in [6, 6.07) is 5.27. The number of imidazole rings is 1. The average molecular weight is 432 g/mol. The number of piperidine rings is 1. The molecule has 164 valence electrons. The lowest BCUT2D eigenvalue weighted by Gasteiger charge is -2.31. The molecule has 0 radical (unpaired) electrons. The van der Waals surface area contributed by atoms with Crippen molar-refractivity contribution in [1.29, 1.82) is 5.26 Å². The zero-order valence-corrected chi connectivity index (χ0v) is 18.1. The number of fused-ring (bicyclic) bond motifs is 1. The Bertz CT molecular complexity index is 1380. The summed E-state index contributed by atoms with van der Waals surface area (Å²) in [5, 5.41) is 8.96. The first-order valence-electron chi connectivity index (χ1n) is 10.4. The lowest BCUT2D eigenvalue weighted by Crippen LogP contribution is -2.44. The fraction of sp³-hybridized carbons (Fsp3) is 0.409. The van der Waals surface area contributed by atoms with E-state index in [1.165, 1.54) is 10.8 Å². The fourth-order valence-electron chi connectivity index (χ4n) is 3.99. The molecular formula is C22H24N8O2. The molecule has 0 amide bonds. The quantitative estimate of drug-likeness (QED) is 0.582. The highest BCUT2D eigenvalue weighted by atomic mass is 16.2. The van der Waals surface area contributed by atoms with Gasteiger partial charge in [-0.25, -0.2) is 4.79 Å². The summed E-state index contributed by atoms with van der Waals surface area (Å²) in [5.74, 6) is 6.47. The molecule has 32 heavy (non-hydrogen) atoms. The second kappa shape index (κ2) is 8.69. The molecule has 3 aromatic rings. The van der Waals surface area contributed by atoms with E-state index in [-0.39, 0.29) is 19.1 Å². The van der Waals surface area contributed by atoms with E-state index in [2.05, 4.69) is 26.7 Å². The zero-order chi connectivity index (χ0) is 22.8. The Hall–Kier alpha value is -3.89. The van der Waals surface area contributed by atoms with Crippen molar-refractivity contribution in [3.63, 3.8) is 0 Å². The molecule has 0 saturated carbocycles. The molecule has 10 nitrogen and oxygen atoms in total. The molecule has 0 aliphatic carbocycles. The summed E-state index contributed by atoms with van der Waals surface area (Å²) in [4.78, 5) is 37.5. The molecule has 4 rings (SSSR count). The first-order valence-corrected chi connectivity index (χ1v) is 10.4. The van der Waals surface area contributed by atoms with Gasteiger partial charge in [0.25, 0.3) is 5.56 Å². The maximum Gasteiger partial charge on any atom is 0.332 e. The molecule has 1 aliphatic rings. The molecule has 3 aromatic heterocycles. The van der Waals surface area contributed by atoms with Gasteiger partial charge in [-0.05, 0) is 31.9 Å². The zero-order valence-electron chi connectivity index (χ0n) is 18.1. The minimum atomic E-state index is -0.484. The summed E-state index contributed by atoms with van der Waals surface area (Å²) in [5.41, 5.74) is 6.78. The van der Waals surface area contributed by atoms with Crippen molar-refractivity contribution in [3.8, 4) is 17.9 Å². The normalized spacial score (nSPS) is 15.9. The molecule has 1 unspecified atom stereocenters. The van der Waals surface area contributed by atoms with Crippen LogP contribution in [0.3, 0.4) is 0 Å². The van der Waals surface area contributed by atoms with Gasteiger partial charge < -0.3 is 10.6 Å². The van der Waals surface area contributed by atoms with E-state index >= 15 is 0 Å². The molecule has 0 aromatic carbocycles. The Kier molecular flexibility index (Phi) is 5.80. The molecule has 1 fully saturated rings. The second-order valence-corrected chi connectivity index (χ2v) is 7.83. The van der Waals surface area contributed by atoms with Gasteiger partial charge in [-0.15, -0.1) is 5.92 Å². The van der Waals surface area contributed by atoms with Crippen LogP contribution in [0.25, 0.3) is 11.2 Å². The van der Waals surface area contributed by atoms with Crippen molar-refractivity contribution >= 4 is 17.1 Å². The summed E-state index contributed by atoms with van der Waals surface area (Å²) in [7, 11) is 1.60. The summed E-state index contributed by atoms with van der Waals surface area (Å²) in [6.07, 6.45) is 3.29. The average Bonchev–Trinajstić information content (AvgIpc) is 3.19. The van der Waals surface area contributed by atoms with Crippen LogP contribution in [0, 0.1) is 23.2 Å². The number of rotatable bonds is 4. The summed E-state index contributed by atoms with van der Waals surface area (Å²) < 4.78 is 4.29. The van der Waals surface area contributed by atoms with Gasteiger partial charge in [0.1, 0.15) is 6.07 Å². The number of aryl methyl sites for hydroxylation is 1. The molecule has 1 atom stereocenters. The monoisotopic (exact) mass is 432 g/mol. The largest absolute Gasteiger partial charge is 0.341 e. The van der Waals surface area contributed by atoms with Crippen LogP contribution < -0.4 is 21.9 Å². The lowest BCUT2D eigenvalue weighted by molar-refractivity contribution is 0.496. The minimum absolute atomic E-state index is 0.0122. The Labute approximate surface area is 184 Å². The van der Waals surface area contributed by atoms with E-state index in [4.69, 9.17) is 11.0 Å². The van der Waals surface area contributed by atoms with Crippen molar-refractivity contribution < 1.29 is 0 Å². The third kappa shape index (κ3) is 3.77. The number of nitriles is 1. The maximum atomic E-state index is 13.5. The molecule has 1 aliphatic heterocycles. The first kappa shape index (κ1) is 21.3. The summed E-state index contributed by atoms with van der Waals surface area (Å²) in [6.45, 7) is 3.40. The molecule has 1 saturated heterocycles. The number of nitrogens with zero attached hydrogens (tertiary/aromatic N) is 7. The predicted octanol–water partition coefficient (Wildman–Crippen LogP) is 0.162. The van der Waals surface area contributed by atoms with Crippen LogP contribution in [0.5, 0.6) is 0 Å². The van der Waals surface area contributed by atoms with Gasteiger partial charge in [-0.3, -0.25) is 23.5 Å². The van der Waals surface area contributed by atoms with Gasteiger partial charge in [-0.2, -0.15) is 10.2 Å². The number of nitrogens with two attached hydrogens (primary N) is 1. The smallest absolute Gasteiger partial charge is 0.332 e. The lowest BCUT2D eigenvalue weighted by atomic mass is 10.1. The molecule has 2 N–H and O–H groups in total. The van der Waals surface area contributed by atoms with E-state index in [0.29, 0.717) is 34.9 Å². The van der Waals surface area contributed by atoms with Crippen molar-refractivity contribution in [3.05, 3.63) is 50.4 Å². The van der Waals surface area contributed by atoms with Crippen LogP contribution in [0.4, 0.5) is 5.95 Å². The highest BCUT2D eigenvalue weighted by Crippen LogP contribution is 2.22. The van der Waals surface area contributed by atoms with Gasteiger partial charge in [0.2, 0.25) is 5.95 Å². The van der Waals surface area contributed by atoms with E-state index in [9.17, 15) is 9.59 Å². The van der Waals surface area contributed by atoms with Crippen molar-refractivity contribution in [2.45, 2.75) is 38.9 Å². The Morgan fingerprint density at radius 2 is 2.09 bits per heavy atom. The molecule has 4 heterocycles. The third-order valence-electron chi connectivity index (χ3n) is 5.64. The van der Waals surface area contributed by atoms with Gasteiger partial charge in [-0.1, -0.05) is 5.92 Å². The molecule has 10 heteroatoms. The number of hydrogen-bond donors (Lipinski definition) is 1. The van der Waals surface area contributed by atoms with Crippen LogP contribution in [0.2, 0.25) is 0 Å². The number of anilines is 1. The summed E-state index contributed by atoms with van der Waals surface area (Å²) >= 11 is 0. The van der Waals surface area contributed by atoms with E-state index < -0.39 is 11.2 Å². The molecular weight excluding hydrogens is 408 g/mol. The van der Waals surface area contributed by atoms with Gasteiger partial charge in [0.15, 0.2) is 11.2 Å². The molecule has 0 spiro atoms. The number of hydrogen-bond acceptors (Lipinski definition) is 7. The third-order valence-corrected chi connectivity index (χ3v) is 5.64. The SMILES string of the molecule is CC#CCn1c(N2CCCC(N)C2)nc2c1c(=O)n(Cc1ccc(C#N)cn1)c(=O)n2C.